The number of rotatable bonds is 6. The summed E-state index contributed by atoms with van der Waals surface area (Å²) in [7, 11) is -1.11. The van der Waals surface area contributed by atoms with Crippen LogP contribution in [0.15, 0.2) is 11.8 Å². The van der Waals surface area contributed by atoms with E-state index < -0.39 is 8.07 Å². The molecule has 0 fully saturated rings. The van der Waals surface area contributed by atoms with Crippen LogP contribution < -0.4 is 5.32 Å². The standard InChI is InChI=1S/C10H21NO2Si/c1-14(2,3)9-5-4-6-10(13)11-7-8-12/h5,9,12H,4,6-8H2,1-3H3,(H,11,13)/b9-5+. The van der Waals surface area contributed by atoms with Gasteiger partial charge in [-0.05, 0) is 6.42 Å². The van der Waals surface area contributed by atoms with E-state index in [-0.39, 0.29) is 12.5 Å². The second kappa shape index (κ2) is 6.78. The Morgan fingerprint density at radius 3 is 2.57 bits per heavy atom. The Morgan fingerprint density at radius 1 is 1.43 bits per heavy atom. The maximum atomic E-state index is 11.1. The maximum Gasteiger partial charge on any atom is 0.220 e. The Balaban J connectivity index is 3.54. The Morgan fingerprint density at radius 2 is 2.07 bits per heavy atom. The summed E-state index contributed by atoms with van der Waals surface area (Å²) in [6.45, 7) is 7.15. The lowest BCUT2D eigenvalue weighted by molar-refractivity contribution is -0.121. The largest absolute Gasteiger partial charge is 0.395 e. The van der Waals surface area contributed by atoms with Gasteiger partial charge >= 0.3 is 0 Å². The van der Waals surface area contributed by atoms with E-state index in [2.05, 4.69) is 36.7 Å². The zero-order valence-corrected chi connectivity index (χ0v) is 10.3. The van der Waals surface area contributed by atoms with Crippen molar-refractivity contribution in [3.05, 3.63) is 11.8 Å². The zero-order valence-electron chi connectivity index (χ0n) is 9.34. The molecule has 2 N–H and O–H groups in total. The third kappa shape index (κ3) is 9.47. The number of hydrogen-bond donors (Lipinski definition) is 2. The average molecular weight is 215 g/mol. The highest BCUT2D eigenvalue weighted by atomic mass is 28.3. The summed E-state index contributed by atoms with van der Waals surface area (Å²) in [4.78, 5) is 11.1. The quantitative estimate of drug-likeness (QED) is 0.656. The monoisotopic (exact) mass is 215 g/mol. The van der Waals surface area contributed by atoms with Crippen LogP contribution in [-0.2, 0) is 4.79 Å². The van der Waals surface area contributed by atoms with Gasteiger partial charge in [-0.25, -0.2) is 0 Å². The van der Waals surface area contributed by atoms with Gasteiger partial charge in [-0.2, -0.15) is 0 Å². The molecule has 82 valence electrons. The topological polar surface area (TPSA) is 49.3 Å². The number of amides is 1. The molecule has 0 saturated carbocycles. The molecule has 0 saturated heterocycles. The van der Waals surface area contributed by atoms with Crippen molar-refractivity contribution in [3.8, 4) is 0 Å². The normalized spacial score (nSPS) is 12.0. The molecular formula is C10H21NO2Si. The van der Waals surface area contributed by atoms with Gasteiger partial charge in [-0.3, -0.25) is 4.79 Å². The molecule has 4 heteroatoms. The Bertz CT molecular complexity index is 197. The first kappa shape index (κ1) is 13.4. The van der Waals surface area contributed by atoms with Crippen molar-refractivity contribution in [2.24, 2.45) is 0 Å². The molecule has 0 aliphatic heterocycles. The number of aliphatic hydroxyl groups is 1. The molecule has 0 spiro atoms. The molecule has 3 nitrogen and oxygen atoms in total. The van der Waals surface area contributed by atoms with Gasteiger partial charge in [0.05, 0.1) is 14.7 Å². The van der Waals surface area contributed by atoms with Gasteiger partial charge in [0.1, 0.15) is 0 Å². The smallest absolute Gasteiger partial charge is 0.220 e. The second-order valence-electron chi connectivity index (χ2n) is 4.38. The lowest BCUT2D eigenvalue weighted by Crippen LogP contribution is -2.25. The van der Waals surface area contributed by atoms with E-state index >= 15 is 0 Å². The van der Waals surface area contributed by atoms with E-state index in [0.717, 1.165) is 6.42 Å². The van der Waals surface area contributed by atoms with Crippen molar-refractivity contribution in [1.82, 2.24) is 5.32 Å². The molecular weight excluding hydrogens is 194 g/mol. The molecule has 0 aliphatic carbocycles. The van der Waals surface area contributed by atoms with Gasteiger partial charge in [0.25, 0.3) is 0 Å². The summed E-state index contributed by atoms with van der Waals surface area (Å²) in [5.41, 5.74) is 2.24. The minimum absolute atomic E-state index is 0.0104. The van der Waals surface area contributed by atoms with Gasteiger partial charge in [-0.15, -0.1) is 0 Å². The molecule has 0 aromatic rings. The van der Waals surface area contributed by atoms with E-state index in [0.29, 0.717) is 13.0 Å². The van der Waals surface area contributed by atoms with Crippen molar-refractivity contribution in [2.45, 2.75) is 32.5 Å². The summed E-state index contributed by atoms with van der Waals surface area (Å²) in [5.74, 6) is 0.0132. The molecule has 0 bridgehead atoms. The lowest BCUT2D eigenvalue weighted by atomic mass is 10.3. The summed E-state index contributed by atoms with van der Waals surface area (Å²) in [5, 5.41) is 11.1. The summed E-state index contributed by atoms with van der Waals surface area (Å²) in [6, 6.07) is 0. The average Bonchev–Trinajstić information content (AvgIpc) is 2.07. The van der Waals surface area contributed by atoms with Gasteiger partial charge in [0.2, 0.25) is 5.91 Å². The van der Waals surface area contributed by atoms with Crippen molar-refractivity contribution in [2.75, 3.05) is 13.2 Å². The van der Waals surface area contributed by atoms with Gasteiger partial charge < -0.3 is 10.4 Å². The number of hydrogen-bond acceptors (Lipinski definition) is 2. The fraction of sp³-hybridized carbons (Fsp3) is 0.700. The number of aliphatic hydroxyl groups excluding tert-OH is 1. The molecule has 0 aliphatic rings. The molecule has 0 unspecified atom stereocenters. The molecule has 0 radical (unpaired) electrons. The van der Waals surface area contributed by atoms with Gasteiger partial charge in [0, 0.05) is 13.0 Å². The van der Waals surface area contributed by atoms with E-state index in [1.165, 1.54) is 0 Å². The van der Waals surface area contributed by atoms with E-state index in [1.54, 1.807) is 0 Å². The van der Waals surface area contributed by atoms with Crippen LogP contribution in [0.5, 0.6) is 0 Å². The molecule has 0 rings (SSSR count). The molecule has 1 amide bonds. The molecule has 0 aromatic carbocycles. The van der Waals surface area contributed by atoms with Crippen molar-refractivity contribution in [3.63, 3.8) is 0 Å². The van der Waals surface area contributed by atoms with E-state index in [9.17, 15) is 4.79 Å². The van der Waals surface area contributed by atoms with E-state index in [1.807, 2.05) is 0 Å². The lowest BCUT2D eigenvalue weighted by Gasteiger charge is -2.07. The minimum Gasteiger partial charge on any atom is -0.395 e. The van der Waals surface area contributed by atoms with Crippen LogP contribution in [-0.4, -0.2) is 32.2 Å². The van der Waals surface area contributed by atoms with Gasteiger partial charge in [-0.1, -0.05) is 31.4 Å². The Kier molecular flexibility index (Phi) is 6.49. The van der Waals surface area contributed by atoms with Gasteiger partial charge in [0.15, 0.2) is 0 Å². The number of carbonyl (C=O) groups is 1. The number of allylic oxidation sites excluding steroid dienone is 1. The highest BCUT2D eigenvalue weighted by Crippen LogP contribution is 2.03. The minimum atomic E-state index is -1.11. The maximum absolute atomic E-state index is 11.1. The van der Waals surface area contributed by atoms with Crippen molar-refractivity contribution in [1.29, 1.82) is 0 Å². The summed E-state index contributed by atoms with van der Waals surface area (Å²) < 4.78 is 0. The predicted molar refractivity (Wildman–Crippen MR) is 61.8 cm³/mol. The Hall–Kier alpha value is -0.613. The summed E-state index contributed by atoms with van der Waals surface area (Å²) in [6.07, 6.45) is 3.40. The highest BCUT2D eigenvalue weighted by molar-refractivity contribution is 6.80. The van der Waals surface area contributed by atoms with Crippen LogP contribution >= 0.6 is 0 Å². The molecule has 0 atom stereocenters. The second-order valence-corrected chi connectivity index (χ2v) is 9.45. The summed E-state index contributed by atoms with van der Waals surface area (Å²) >= 11 is 0. The molecule has 0 heterocycles. The van der Waals surface area contributed by atoms with Crippen molar-refractivity contribution >= 4 is 14.0 Å². The Labute approximate surface area is 87.2 Å². The molecule has 14 heavy (non-hydrogen) atoms. The zero-order chi connectivity index (χ0) is 11.0. The number of carbonyl (C=O) groups excluding carboxylic acids is 1. The fourth-order valence-electron chi connectivity index (χ4n) is 0.935. The van der Waals surface area contributed by atoms with Crippen LogP contribution in [0.2, 0.25) is 19.6 Å². The van der Waals surface area contributed by atoms with Crippen LogP contribution in [0.1, 0.15) is 12.8 Å². The predicted octanol–water partition coefficient (Wildman–Crippen LogP) is 1.31. The third-order valence-corrected chi connectivity index (χ3v) is 2.83. The van der Waals surface area contributed by atoms with Crippen molar-refractivity contribution < 1.29 is 9.90 Å². The first-order valence-electron chi connectivity index (χ1n) is 5.01. The SMILES string of the molecule is C[Si](C)(C)/C=C/CCC(=O)NCCO. The third-order valence-electron chi connectivity index (χ3n) is 1.59. The molecule has 0 aromatic heterocycles. The fourth-order valence-corrected chi connectivity index (χ4v) is 1.81. The number of nitrogens with one attached hydrogen (secondary N) is 1. The van der Waals surface area contributed by atoms with E-state index in [4.69, 9.17) is 5.11 Å². The first-order chi connectivity index (χ1) is 6.45. The van der Waals surface area contributed by atoms with Crippen LogP contribution in [0.25, 0.3) is 0 Å². The van der Waals surface area contributed by atoms with Crippen LogP contribution in [0.4, 0.5) is 0 Å². The first-order valence-corrected chi connectivity index (χ1v) is 8.59. The van der Waals surface area contributed by atoms with Crippen LogP contribution in [0.3, 0.4) is 0 Å². The van der Waals surface area contributed by atoms with Crippen LogP contribution in [0, 0.1) is 0 Å². The highest BCUT2D eigenvalue weighted by Gasteiger charge is 2.06.